The van der Waals surface area contributed by atoms with E-state index in [4.69, 9.17) is 14.2 Å². The molecule has 5 heteroatoms. The van der Waals surface area contributed by atoms with Crippen LogP contribution in [-0.4, -0.2) is 11.4 Å². The quantitative estimate of drug-likeness (QED) is 0.639. The van der Waals surface area contributed by atoms with Crippen LogP contribution in [0.15, 0.2) is 47.3 Å². The summed E-state index contributed by atoms with van der Waals surface area (Å²) in [6.07, 6.45) is 0. The standard InChI is InChI=1S/C17H11NO4/c19-17-11-4-2-1-3-10(11)5-13-12-6-15-16(22-9-21-15)7-14(12)20-8-18(13)17/h1-7H,8-9H2. The van der Waals surface area contributed by atoms with Gasteiger partial charge < -0.3 is 14.2 Å². The van der Waals surface area contributed by atoms with E-state index in [0.29, 0.717) is 22.6 Å². The van der Waals surface area contributed by atoms with Crippen LogP contribution in [0.3, 0.4) is 0 Å². The normalized spacial score (nSPS) is 14.4. The minimum absolute atomic E-state index is 0.0450. The van der Waals surface area contributed by atoms with Crippen LogP contribution in [0.5, 0.6) is 17.2 Å². The zero-order chi connectivity index (χ0) is 14.7. The number of hydrogen-bond donors (Lipinski definition) is 0. The molecule has 3 heterocycles. The lowest BCUT2D eigenvalue weighted by Gasteiger charge is -2.23. The molecule has 2 aliphatic heterocycles. The monoisotopic (exact) mass is 293 g/mol. The third-order valence-electron chi connectivity index (χ3n) is 4.12. The minimum atomic E-state index is -0.0450. The Balaban J connectivity index is 1.85. The first kappa shape index (κ1) is 11.7. The van der Waals surface area contributed by atoms with Crippen LogP contribution >= 0.6 is 0 Å². The van der Waals surface area contributed by atoms with Crippen molar-refractivity contribution in [3.8, 4) is 28.5 Å². The lowest BCUT2D eigenvalue weighted by molar-refractivity contribution is 0.173. The van der Waals surface area contributed by atoms with E-state index >= 15 is 0 Å². The summed E-state index contributed by atoms with van der Waals surface area (Å²) >= 11 is 0. The Morgan fingerprint density at radius 1 is 0.909 bits per heavy atom. The molecule has 2 aliphatic rings. The molecule has 0 aliphatic carbocycles. The van der Waals surface area contributed by atoms with Crippen molar-refractivity contribution in [2.45, 2.75) is 6.73 Å². The van der Waals surface area contributed by atoms with Crippen LogP contribution in [-0.2, 0) is 6.73 Å². The van der Waals surface area contributed by atoms with Gasteiger partial charge in [0, 0.05) is 17.0 Å². The topological polar surface area (TPSA) is 49.7 Å². The van der Waals surface area contributed by atoms with E-state index in [0.717, 1.165) is 16.6 Å². The van der Waals surface area contributed by atoms with E-state index in [9.17, 15) is 4.79 Å². The molecule has 0 N–H and O–H groups in total. The fraction of sp³-hybridized carbons (Fsp3) is 0.118. The predicted molar refractivity (Wildman–Crippen MR) is 80.4 cm³/mol. The maximum Gasteiger partial charge on any atom is 0.261 e. The minimum Gasteiger partial charge on any atom is -0.472 e. The molecule has 0 fully saturated rings. The Kier molecular flexibility index (Phi) is 2.14. The van der Waals surface area contributed by atoms with Gasteiger partial charge in [0.25, 0.3) is 5.56 Å². The molecule has 5 nitrogen and oxygen atoms in total. The molecule has 0 amide bonds. The third-order valence-corrected chi connectivity index (χ3v) is 4.12. The van der Waals surface area contributed by atoms with Gasteiger partial charge in [-0.2, -0.15) is 0 Å². The molecule has 5 rings (SSSR count). The predicted octanol–water partition coefficient (Wildman–Crippen LogP) is 2.75. The summed E-state index contributed by atoms with van der Waals surface area (Å²) in [5.74, 6) is 2.06. The van der Waals surface area contributed by atoms with Gasteiger partial charge in [0.2, 0.25) is 6.79 Å². The fourth-order valence-corrected chi connectivity index (χ4v) is 3.03. The summed E-state index contributed by atoms with van der Waals surface area (Å²) in [5, 5.41) is 1.61. The van der Waals surface area contributed by atoms with Crippen LogP contribution in [0.25, 0.3) is 22.0 Å². The van der Waals surface area contributed by atoms with E-state index in [-0.39, 0.29) is 19.1 Å². The van der Waals surface area contributed by atoms with Gasteiger partial charge in [-0.3, -0.25) is 9.36 Å². The highest BCUT2D eigenvalue weighted by molar-refractivity contribution is 5.87. The van der Waals surface area contributed by atoms with Crippen molar-refractivity contribution >= 4 is 10.8 Å². The van der Waals surface area contributed by atoms with Crippen molar-refractivity contribution in [3.63, 3.8) is 0 Å². The second kappa shape index (κ2) is 4.04. The Morgan fingerprint density at radius 3 is 2.64 bits per heavy atom. The summed E-state index contributed by atoms with van der Waals surface area (Å²) < 4.78 is 18.2. The molecule has 1 aromatic heterocycles. The number of rotatable bonds is 0. The number of ether oxygens (including phenoxy) is 3. The highest BCUT2D eigenvalue weighted by Gasteiger charge is 2.24. The van der Waals surface area contributed by atoms with Gasteiger partial charge in [-0.15, -0.1) is 0 Å². The van der Waals surface area contributed by atoms with E-state index < -0.39 is 0 Å². The molecule has 22 heavy (non-hydrogen) atoms. The van der Waals surface area contributed by atoms with Crippen LogP contribution in [0, 0.1) is 0 Å². The summed E-state index contributed by atoms with van der Waals surface area (Å²) in [5.41, 5.74) is 1.64. The van der Waals surface area contributed by atoms with Gasteiger partial charge in [-0.05, 0) is 23.6 Å². The molecule has 2 aromatic carbocycles. The van der Waals surface area contributed by atoms with Crippen molar-refractivity contribution in [1.29, 1.82) is 0 Å². The van der Waals surface area contributed by atoms with Gasteiger partial charge in [0.15, 0.2) is 18.2 Å². The number of pyridine rings is 1. The number of benzene rings is 2. The molecule has 0 unspecified atom stereocenters. The third kappa shape index (κ3) is 1.45. The maximum absolute atomic E-state index is 12.6. The van der Waals surface area contributed by atoms with E-state index in [1.165, 1.54) is 0 Å². The van der Waals surface area contributed by atoms with Crippen LogP contribution in [0.2, 0.25) is 0 Å². The summed E-state index contributed by atoms with van der Waals surface area (Å²) in [6, 6.07) is 13.3. The molecule has 0 saturated carbocycles. The zero-order valence-corrected chi connectivity index (χ0v) is 11.5. The average Bonchev–Trinajstić information content (AvgIpc) is 3.00. The first-order valence-corrected chi connectivity index (χ1v) is 7.01. The SMILES string of the molecule is O=c1c2ccccc2cc2n1COc1cc3c(cc1-2)OCO3. The largest absolute Gasteiger partial charge is 0.472 e. The molecule has 3 aromatic rings. The zero-order valence-electron chi connectivity index (χ0n) is 11.5. The maximum atomic E-state index is 12.6. The highest BCUT2D eigenvalue weighted by atomic mass is 16.7. The molecule has 0 radical (unpaired) electrons. The van der Waals surface area contributed by atoms with Crippen LogP contribution in [0.1, 0.15) is 0 Å². The summed E-state index contributed by atoms with van der Waals surface area (Å²) in [6.45, 7) is 0.411. The smallest absolute Gasteiger partial charge is 0.261 e. The lowest BCUT2D eigenvalue weighted by atomic mass is 10.0. The average molecular weight is 293 g/mol. The van der Waals surface area contributed by atoms with Crippen LogP contribution in [0.4, 0.5) is 0 Å². The molecule has 108 valence electrons. The van der Waals surface area contributed by atoms with Crippen molar-refractivity contribution in [2.24, 2.45) is 0 Å². The van der Waals surface area contributed by atoms with Gasteiger partial charge >= 0.3 is 0 Å². The molecule has 0 saturated heterocycles. The Labute approximate surface area is 125 Å². The van der Waals surface area contributed by atoms with E-state index in [2.05, 4.69) is 0 Å². The number of hydrogen-bond acceptors (Lipinski definition) is 4. The number of aromatic nitrogens is 1. The van der Waals surface area contributed by atoms with Gasteiger partial charge in [-0.25, -0.2) is 0 Å². The van der Waals surface area contributed by atoms with Crippen molar-refractivity contribution < 1.29 is 14.2 Å². The van der Waals surface area contributed by atoms with Crippen LogP contribution < -0.4 is 19.8 Å². The van der Waals surface area contributed by atoms with Gasteiger partial charge in [-0.1, -0.05) is 18.2 Å². The van der Waals surface area contributed by atoms with Crippen molar-refractivity contribution in [3.05, 3.63) is 52.8 Å². The Morgan fingerprint density at radius 2 is 1.73 bits per heavy atom. The number of fused-ring (bicyclic) bond motifs is 5. The molecule has 0 bridgehead atoms. The molecule has 0 atom stereocenters. The first-order chi connectivity index (χ1) is 10.8. The molecular formula is C17H11NO4. The molecular weight excluding hydrogens is 282 g/mol. The second-order valence-electron chi connectivity index (χ2n) is 5.33. The van der Waals surface area contributed by atoms with E-state index in [1.807, 2.05) is 42.5 Å². The first-order valence-electron chi connectivity index (χ1n) is 7.01. The Bertz CT molecular complexity index is 990. The van der Waals surface area contributed by atoms with Gasteiger partial charge in [0.05, 0.1) is 5.69 Å². The highest BCUT2D eigenvalue weighted by Crippen LogP contribution is 2.44. The van der Waals surface area contributed by atoms with Crippen molar-refractivity contribution in [1.82, 2.24) is 4.57 Å². The summed E-state index contributed by atoms with van der Waals surface area (Å²) in [4.78, 5) is 12.6. The number of nitrogens with zero attached hydrogens (tertiary/aromatic N) is 1. The fourth-order valence-electron chi connectivity index (χ4n) is 3.03. The lowest BCUT2D eigenvalue weighted by Crippen LogP contribution is -2.27. The van der Waals surface area contributed by atoms with Gasteiger partial charge in [0.1, 0.15) is 5.75 Å². The van der Waals surface area contributed by atoms with Crippen molar-refractivity contribution in [2.75, 3.05) is 6.79 Å². The second-order valence-corrected chi connectivity index (χ2v) is 5.33. The Hall–Kier alpha value is -2.95. The summed E-state index contributed by atoms with van der Waals surface area (Å²) in [7, 11) is 0. The van der Waals surface area contributed by atoms with E-state index in [1.54, 1.807) is 4.57 Å². The molecule has 0 spiro atoms.